The molecule has 0 aliphatic heterocycles. The lowest BCUT2D eigenvalue weighted by molar-refractivity contribution is -0.139. The van der Waals surface area contributed by atoms with Crippen LogP contribution < -0.4 is 4.43 Å². The average Bonchev–Trinajstić information content (AvgIpc) is 2.20. The van der Waals surface area contributed by atoms with Gasteiger partial charge in [-0.25, -0.2) is 0 Å². The van der Waals surface area contributed by atoms with Crippen molar-refractivity contribution in [2.75, 3.05) is 7.11 Å². The fourth-order valence-corrected chi connectivity index (χ4v) is 2.61. The van der Waals surface area contributed by atoms with E-state index in [1.165, 1.54) is 7.11 Å². The summed E-state index contributed by atoms with van der Waals surface area (Å²) >= 11 is 3.39. The first-order valence-corrected chi connectivity index (χ1v) is 9.56. The van der Waals surface area contributed by atoms with Crippen molar-refractivity contribution in [3.63, 3.8) is 0 Å². The summed E-state index contributed by atoms with van der Waals surface area (Å²) < 4.78 is 11.6. The lowest BCUT2D eigenvalue weighted by atomic mass is 10.1. The van der Waals surface area contributed by atoms with Crippen LogP contribution in [0.25, 0.3) is 0 Å². The standard InChI is InChI=1S/C12H17BrO3Si/c1-15-12(14)8-9-7-10(13)5-6-11(9)16-17(2,3)4/h5-7H,8H2,1-4H3. The molecule has 0 fully saturated rings. The third-order valence-corrected chi connectivity index (χ3v) is 3.33. The van der Waals surface area contributed by atoms with Gasteiger partial charge in [0, 0.05) is 10.0 Å². The number of rotatable bonds is 4. The highest BCUT2D eigenvalue weighted by atomic mass is 79.9. The highest BCUT2D eigenvalue weighted by Gasteiger charge is 2.19. The second kappa shape index (κ2) is 5.69. The van der Waals surface area contributed by atoms with Crippen LogP contribution in [0.2, 0.25) is 19.6 Å². The van der Waals surface area contributed by atoms with Crippen molar-refractivity contribution in [2.24, 2.45) is 0 Å². The molecular formula is C12H17BrO3Si. The van der Waals surface area contributed by atoms with E-state index in [0.29, 0.717) is 0 Å². The smallest absolute Gasteiger partial charge is 0.310 e. The topological polar surface area (TPSA) is 35.5 Å². The Labute approximate surface area is 111 Å². The predicted molar refractivity (Wildman–Crippen MR) is 73.8 cm³/mol. The van der Waals surface area contributed by atoms with Crippen molar-refractivity contribution in [1.82, 2.24) is 0 Å². The molecule has 5 heteroatoms. The minimum Gasteiger partial charge on any atom is -0.544 e. The summed E-state index contributed by atoms with van der Waals surface area (Å²) in [6.07, 6.45) is 0.232. The molecule has 0 aromatic heterocycles. The normalized spacial score (nSPS) is 11.1. The van der Waals surface area contributed by atoms with E-state index < -0.39 is 8.32 Å². The van der Waals surface area contributed by atoms with E-state index in [-0.39, 0.29) is 12.4 Å². The Kier molecular flexibility index (Phi) is 4.77. The summed E-state index contributed by atoms with van der Waals surface area (Å²) in [7, 11) is -0.287. The number of carbonyl (C=O) groups is 1. The third kappa shape index (κ3) is 4.91. The monoisotopic (exact) mass is 316 g/mol. The molecule has 0 aliphatic carbocycles. The molecule has 17 heavy (non-hydrogen) atoms. The number of esters is 1. The molecule has 94 valence electrons. The molecule has 0 spiro atoms. The van der Waals surface area contributed by atoms with Gasteiger partial charge in [0.15, 0.2) is 0 Å². The number of methoxy groups -OCH3 is 1. The average molecular weight is 317 g/mol. The fourth-order valence-electron chi connectivity index (χ4n) is 1.34. The highest BCUT2D eigenvalue weighted by molar-refractivity contribution is 9.10. The van der Waals surface area contributed by atoms with Crippen LogP contribution in [0.5, 0.6) is 5.75 Å². The minimum atomic E-state index is -1.68. The molecule has 0 saturated heterocycles. The van der Waals surface area contributed by atoms with Gasteiger partial charge in [0.2, 0.25) is 8.32 Å². The summed E-state index contributed by atoms with van der Waals surface area (Å²) in [6, 6.07) is 5.70. The van der Waals surface area contributed by atoms with E-state index in [2.05, 4.69) is 40.3 Å². The number of hydrogen-bond acceptors (Lipinski definition) is 3. The van der Waals surface area contributed by atoms with Gasteiger partial charge >= 0.3 is 5.97 Å². The Morgan fingerprint density at radius 2 is 2.00 bits per heavy atom. The van der Waals surface area contributed by atoms with Crippen LogP contribution in [-0.4, -0.2) is 21.4 Å². The first kappa shape index (κ1) is 14.2. The van der Waals surface area contributed by atoms with Gasteiger partial charge in [-0.2, -0.15) is 0 Å². The summed E-state index contributed by atoms with van der Waals surface area (Å²) in [5.74, 6) is 0.515. The van der Waals surface area contributed by atoms with E-state index in [9.17, 15) is 4.79 Å². The SMILES string of the molecule is COC(=O)Cc1cc(Br)ccc1O[Si](C)(C)C. The number of carbonyl (C=O) groups excluding carboxylic acids is 1. The van der Waals surface area contributed by atoms with Crippen molar-refractivity contribution in [3.8, 4) is 5.75 Å². The van der Waals surface area contributed by atoms with Crippen molar-refractivity contribution < 1.29 is 14.0 Å². The Morgan fingerprint density at radius 3 is 2.53 bits per heavy atom. The number of hydrogen-bond donors (Lipinski definition) is 0. The van der Waals surface area contributed by atoms with Crippen molar-refractivity contribution >= 4 is 30.2 Å². The van der Waals surface area contributed by atoms with E-state index in [4.69, 9.17) is 4.43 Å². The lowest BCUT2D eigenvalue weighted by Gasteiger charge is -2.21. The molecule has 0 unspecified atom stereocenters. The molecule has 1 aromatic rings. The Morgan fingerprint density at radius 1 is 1.35 bits per heavy atom. The zero-order valence-electron chi connectivity index (χ0n) is 10.5. The Balaban J connectivity index is 2.99. The molecule has 0 amide bonds. The van der Waals surface area contributed by atoms with Crippen LogP contribution >= 0.6 is 15.9 Å². The van der Waals surface area contributed by atoms with Gasteiger partial charge in [-0.15, -0.1) is 0 Å². The van der Waals surface area contributed by atoms with Crippen LogP contribution in [-0.2, 0) is 16.0 Å². The summed E-state index contributed by atoms with van der Waals surface area (Å²) in [5.41, 5.74) is 0.855. The Hall–Kier alpha value is -0.813. The van der Waals surface area contributed by atoms with Gasteiger partial charge in [-0.1, -0.05) is 15.9 Å². The summed E-state index contributed by atoms with van der Waals surface area (Å²) in [6.45, 7) is 6.32. The van der Waals surface area contributed by atoms with E-state index in [1.807, 2.05) is 18.2 Å². The van der Waals surface area contributed by atoms with Crippen LogP contribution in [0.1, 0.15) is 5.56 Å². The molecule has 0 aliphatic rings. The van der Waals surface area contributed by atoms with Crippen molar-refractivity contribution in [3.05, 3.63) is 28.2 Å². The second-order valence-electron chi connectivity index (χ2n) is 4.72. The van der Waals surface area contributed by atoms with Crippen molar-refractivity contribution in [2.45, 2.75) is 26.1 Å². The molecule has 0 saturated carbocycles. The zero-order valence-corrected chi connectivity index (χ0v) is 13.1. The molecule has 0 N–H and O–H groups in total. The summed E-state index contributed by atoms with van der Waals surface area (Å²) in [5, 5.41) is 0. The van der Waals surface area contributed by atoms with E-state index in [1.54, 1.807) is 0 Å². The van der Waals surface area contributed by atoms with Gasteiger partial charge < -0.3 is 9.16 Å². The Bertz CT molecular complexity index is 413. The van der Waals surface area contributed by atoms with Gasteiger partial charge in [-0.05, 0) is 37.8 Å². The first-order chi connectivity index (χ1) is 7.81. The second-order valence-corrected chi connectivity index (χ2v) is 10.1. The molecule has 0 heterocycles. The molecule has 1 aromatic carbocycles. The number of ether oxygens (including phenoxy) is 1. The maximum absolute atomic E-state index is 11.3. The van der Waals surface area contributed by atoms with Crippen LogP contribution in [0.15, 0.2) is 22.7 Å². The fraction of sp³-hybridized carbons (Fsp3) is 0.417. The van der Waals surface area contributed by atoms with Crippen LogP contribution in [0, 0.1) is 0 Å². The van der Waals surface area contributed by atoms with Crippen LogP contribution in [0.4, 0.5) is 0 Å². The summed E-state index contributed by atoms with van der Waals surface area (Å²) in [4.78, 5) is 11.3. The third-order valence-electron chi connectivity index (χ3n) is 2.00. The molecule has 0 bridgehead atoms. The van der Waals surface area contributed by atoms with Gasteiger partial charge in [0.05, 0.1) is 13.5 Å². The lowest BCUT2D eigenvalue weighted by Crippen LogP contribution is -2.30. The molecule has 0 radical (unpaired) electrons. The number of halogens is 1. The largest absolute Gasteiger partial charge is 0.544 e. The molecule has 0 atom stereocenters. The van der Waals surface area contributed by atoms with Crippen LogP contribution in [0.3, 0.4) is 0 Å². The first-order valence-electron chi connectivity index (χ1n) is 5.36. The maximum atomic E-state index is 11.3. The van der Waals surface area contributed by atoms with Gasteiger partial charge in [0.25, 0.3) is 0 Å². The molecule has 1 rings (SSSR count). The molecule has 3 nitrogen and oxygen atoms in total. The van der Waals surface area contributed by atoms with Gasteiger partial charge in [-0.3, -0.25) is 4.79 Å². The minimum absolute atomic E-state index is 0.232. The number of benzene rings is 1. The van der Waals surface area contributed by atoms with E-state index in [0.717, 1.165) is 15.8 Å². The van der Waals surface area contributed by atoms with Gasteiger partial charge in [0.1, 0.15) is 5.75 Å². The maximum Gasteiger partial charge on any atom is 0.310 e. The molecular weight excluding hydrogens is 300 g/mol. The quantitative estimate of drug-likeness (QED) is 0.631. The van der Waals surface area contributed by atoms with Crippen molar-refractivity contribution in [1.29, 1.82) is 0 Å². The zero-order chi connectivity index (χ0) is 13.1. The highest BCUT2D eigenvalue weighted by Crippen LogP contribution is 2.26. The predicted octanol–water partition coefficient (Wildman–Crippen LogP) is 3.38. The van der Waals surface area contributed by atoms with E-state index >= 15 is 0 Å².